The minimum absolute atomic E-state index is 0.0750. The number of aromatic nitrogens is 2. The molecule has 0 spiro atoms. The smallest absolute Gasteiger partial charge is 0.187 e. The van der Waals surface area contributed by atoms with Gasteiger partial charge in [-0.05, 0) is 12.8 Å². The van der Waals surface area contributed by atoms with Gasteiger partial charge in [0, 0.05) is 12.0 Å². The summed E-state index contributed by atoms with van der Waals surface area (Å²) in [5, 5.41) is 4.60. The molecule has 0 saturated carbocycles. The third kappa shape index (κ3) is 2.46. The Bertz CT molecular complexity index is 382. The van der Waals surface area contributed by atoms with Crippen molar-refractivity contribution in [1.29, 1.82) is 0 Å². The maximum Gasteiger partial charge on any atom is 0.187 e. The molecular weight excluding hydrogens is 224 g/mol. The van der Waals surface area contributed by atoms with Crippen LogP contribution in [0.25, 0.3) is 0 Å². The molecule has 1 rings (SSSR count). The summed E-state index contributed by atoms with van der Waals surface area (Å²) >= 11 is 6.03. The lowest BCUT2D eigenvalue weighted by atomic mass is 9.84. The molecule has 0 saturated heterocycles. The zero-order chi connectivity index (χ0) is 12.3. The van der Waals surface area contributed by atoms with E-state index in [4.69, 9.17) is 11.6 Å². The summed E-state index contributed by atoms with van der Waals surface area (Å²) in [5.41, 5.74) is 0.171. The van der Waals surface area contributed by atoms with Crippen LogP contribution in [0.4, 0.5) is 0 Å². The molecular formula is C12H19ClN2O. The van der Waals surface area contributed by atoms with Crippen LogP contribution >= 0.6 is 11.6 Å². The zero-order valence-electron chi connectivity index (χ0n) is 10.4. The highest BCUT2D eigenvalue weighted by Crippen LogP contribution is 2.29. The summed E-state index contributed by atoms with van der Waals surface area (Å²) in [4.78, 5) is 12.3. The van der Waals surface area contributed by atoms with E-state index in [1.54, 1.807) is 10.9 Å². The minimum atomic E-state index is -0.380. The fourth-order valence-electron chi connectivity index (χ4n) is 1.45. The SMILES string of the molecule is CCCn1ncc(Cl)c1C(=O)C(C)(C)CC. The molecule has 1 heterocycles. The van der Waals surface area contributed by atoms with Crippen molar-refractivity contribution in [3.05, 3.63) is 16.9 Å². The lowest BCUT2D eigenvalue weighted by molar-refractivity contribution is 0.0821. The van der Waals surface area contributed by atoms with Gasteiger partial charge in [-0.2, -0.15) is 5.10 Å². The first-order valence-electron chi connectivity index (χ1n) is 5.70. The van der Waals surface area contributed by atoms with E-state index in [1.807, 2.05) is 20.8 Å². The van der Waals surface area contributed by atoms with Gasteiger partial charge in [-0.3, -0.25) is 9.48 Å². The molecule has 0 fully saturated rings. The Hall–Kier alpha value is -0.830. The van der Waals surface area contributed by atoms with Crippen LogP contribution < -0.4 is 0 Å². The van der Waals surface area contributed by atoms with Crippen molar-refractivity contribution in [2.45, 2.75) is 47.1 Å². The largest absolute Gasteiger partial charge is 0.292 e. The first-order valence-corrected chi connectivity index (χ1v) is 6.08. The average molecular weight is 243 g/mol. The number of carbonyl (C=O) groups excluding carboxylic acids is 1. The monoisotopic (exact) mass is 242 g/mol. The third-order valence-electron chi connectivity index (χ3n) is 2.94. The maximum atomic E-state index is 12.3. The Kier molecular flexibility index (Phi) is 4.14. The Morgan fingerprint density at radius 1 is 1.50 bits per heavy atom. The van der Waals surface area contributed by atoms with E-state index < -0.39 is 0 Å². The normalized spacial score (nSPS) is 11.8. The molecule has 0 atom stereocenters. The standard InChI is InChI=1S/C12H19ClN2O/c1-5-7-15-10(9(13)8-14-15)11(16)12(3,4)6-2/h8H,5-7H2,1-4H3. The molecule has 4 heteroatoms. The predicted molar refractivity (Wildman–Crippen MR) is 65.9 cm³/mol. The topological polar surface area (TPSA) is 34.9 Å². The summed E-state index contributed by atoms with van der Waals surface area (Å²) in [7, 11) is 0. The van der Waals surface area contributed by atoms with Gasteiger partial charge in [0.15, 0.2) is 5.78 Å². The molecule has 0 amide bonds. The first kappa shape index (κ1) is 13.2. The zero-order valence-corrected chi connectivity index (χ0v) is 11.1. The molecule has 90 valence electrons. The van der Waals surface area contributed by atoms with Crippen LogP contribution in [0.15, 0.2) is 6.20 Å². The molecule has 0 unspecified atom stereocenters. The van der Waals surface area contributed by atoms with Crippen LogP contribution in [-0.4, -0.2) is 15.6 Å². The van der Waals surface area contributed by atoms with Crippen LogP contribution in [-0.2, 0) is 6.54 Å². The number of rotatable bonds is 5. The van der Waals surface area contributed by atoms with Crippen molar-refractivity contribution in [3.8, 4) is 0 Å². The van der Waals surface area contributed by atoms with Gasteiger partial charge in [-0.1, -0.05) is 39.3 Å². The number of hydrogen-bond acceptors (Lipinski definition) is 2. The van der Waals surface area contributed by atoms with E-state index in [1.165, 1.54) is 0 Å². The van der Waals surface area contributed by atoms with E-state index in [2.05, 4.69) is 12.0 Å². The molecule has 0 radical (unpaired) electrons. The molecule has 0 N–H and O–H groups in total. The summed E-state index contributed by atoms with van der Waals surface area (Å²) in [6.45, 7) is 8.67. The Morgan fingerprint density at radius 2 is 2.12 bits per heavy atom. The molecule has 0 aliphatic rings. The van der Waals surface area contributed by atoms with Crippen LogP contribution in [0.1, 0.15) is 51.0 Å². The lowest BCUT2D eigenvalue weighted by Crippen LogP contribution is -2.26. The van der Waals surface area contributed by atoms with Gasteiger partial charge in [-0.25, -0.2) is 0 Å². The first-order chi connectivity index (χ1) is 7.44. The van der Waals surface area contributed by atoms with Gasteiger partial charge in [0.2, 0.25) is 0 Å². The quantitative estimate of drug-likeness (QED) is 0.740. The number of hydrogen-bond donors (Lipinski definition) is 0. The Labute approximate surface area is 102 Å². The number of Topliss-reactive ketones (excluding diaryl/α,β-unsaturated/α-hetero) is 1. The highest BCUT2D eigenvalue weighted by atomic mass is 35.5. The minimum Gasteiger partial charge on any atom is -0.292 e. The average Bonchev–Trinajstić information content (AvgIpc) is 2.59. The van der Waals surface area contributed by atoms with Gasteiger partial charge in [-0.15, -0.1) is 0 Å². The summed E-state index contributed by atoms with van der Waals surface area (Å²) in [6, 6.07) is 0. The molecule has 0 aromatic carbocycles. The van der Waals surface area contributed by atoms with Crippen molar-refractivity contribution in [2.24, 2.45) is 5.41 Å². The van der Waals surface area contributed by atoms with Crippen molar-refractivity contribution >= 4 is 17.4 Å². The fourth-order valence-corrected chi connectivity index (χ4v) is 1.68. The summed E-state index contributed by atoms with van der Waals surface area (Å²) in [6.07, 6.45) is 3.28. The molecule has 0 aliphatic heterocycles. The van der Waals surface area contributed by atoms with Crippen molar-refractivity contribution < 1.29 is 4.79 Å². The summed E-state index contributed by atoms with van der Waals surface area (Å²) in [5.74, 6) is 0.0750. The molecule has 1 aromatic heterocycles. The van der Waals surface area contributed by atoms with Gasteiger partial charge >= 0.3 is 0 Å². The Morgan fingerprint density at radius 3 is 2.62 bits per heavy atom. The van der Waals surface area contributed by atoms with Crippen LogP contribution in [0.5, 0.6) is 0 Å². The van der Waals surface area contributed by atoms with Crippen molar-refractivity contribution in [3.63, 3.8) is 0 Å². The second kappa shape index (κ2) is 5.00. The van der Waals surface area contributed by atoms with Crippen LogP contribution in [0, 0.1) is 5.41 Å². The van der Waals surface area contributed by atoms with E-state index in [0.29, 0.717) is 10.7 Å². The molecule has 0 aliphatic carbocycles. The van der Waals surface area contributed by atoms with Gasteiger partial charge in [0.1, 0.15) is 5.69 Å². The highest BCUT2D eigenvalue weighted by molar-refractivity contribution is 6.33. The maximum absolute atomic E-state index is 12.3. The van der Waals surface area contributed by atoms with E-state index in [-0.39, 0.29) is 11.2 Å². The number of carbonyl (C=O) groups is 1. The van der Waals surface area contributed by atoms with E-state index in [9.17, 15) is 4.79 Å². The van der Waals surface area contributed by atoms with Crippen LogP contribution in [0.3, 0.4) is 0 Å². The predicted octanol–water partition coefficient (Wildman–Crippen LogP) is 3.57. The van der Waals surface area contributed by atoms with Crippen molar-refractivity contribution in [2.75, 3.05) is 0 Å². The van der Waals surface area contributed by atoms with E-state index >= 15 is 0 Å². The van der Waals surface area contributed by atoms with E-state index in [0.717, 1.165) is 19.4 Å². The lowest BCUT2D eigenvalue weighted by Gasteiger charge is -2.21. The number of ketones is 1. The number of halogens is 1. The fraction of sp³-hybridized carbons (Fsp3) is 0.667. The number of nitrogens with zero attached hydrogens (tertiary/aromatic N) is 2. The van der Waals surface area contributed by atoms with Crippen molar-refractivity contribution in [1.82, 2.24) is 9.78 Å². The van der Waals surface area contributed by atoms with Gasteiger partial charge in [0.25, 0.3) is 0 Å². The molecule has 16 heavy (non-hydrogen) atoms. The van der Waals surface area contributed by atoms with Gasteiger partial charge < -0.3 is 0 Å². The highest BCUT2D eigenvalue weighted by Gasteiger charge is 2.31. The molecule has 0 bridgehead atoms. The molecule has 3 nitrogen and oxygen atoms in total. The van der Waals surface area contributed by atoms with Crippen LogP contribution in [0.2, 0.25) is 5.02 Å². The Balaban J connectivity index is 3.12. The number of aryl methyl sites for hydroxylation is 1. The third-order valence-corrected chi connectivity index (χ3v) is 3.22. The second-order valence-corrected chi connectivity index (χ2v) is 5.04. The van der Waals surface area contributed by atoms with Gasteiger partial charge in [0.05, 0.1) is 11.2 Å². The second-order valence-electron chi connectivity index (χ2n) is 4.63. The molecule has 1 aromatic rings. The summed E-state index contributed by atoms with van der Waals surface area (Å²) < 4.78 is 1.71.